The highest BCUT2D eigenvalue weighted by atomic mass is 32.2. The van der Waals surface area contributed by atoms with Crippen molar-refractivity contribution < 1.29 is 22.3 Å². The van der Waals surface area contributed by atoms with E-state index in [9.17, 15) is 17.6 Å². The van der Waals surface area contributed by atoms with Gasteiger partial charge in [0.05, 0.1) is 6.54 Å². The number of aryl methyl sites for hydroxylation is 1. The van der Waals surface area contributed by atoms with Crippen LogP contribution in [0.1, 0.15) is 24.3 Å². The average Bonchev–Trinajstić information content (AvgIpc) is 3.03. The zero-order chi connectivity index (χ0) is 20.0. The molecular weight excluding hydrogens is 373 g/mol. The Morgan fingerprint density at radius 3 is 2.44 bits per heavy atom. The Morgan fingerprint density at radius 2 is 1.85 bits per heavy atom. The molecule has 0 fully saturated rings. The minimum absolute atomic E-state index is 0.0846. The molecule has 2 rings (SSSR count). The van der Waals surface area contributed by atoms with Gasteiger partial charge in [0, 0.05) is 26.3 Å². The van der Waals surface area contributed by atoms with Crippen LogP contribution < -0.4 is 10.1 Å². The Kier molecular flexibility index (Phi) is 6.98. The smallest absolute Gasteiger partial charge is 0.268 e. The number of nitrogens with one attached hydrogen (secondary N) is 1. The predicted octanol–water partition coefficient (Wildman–Crippen LogP) is 2.00. The number of amides is 1. The molecule has 0 aliphatic carbocycles. The van der Waals surface area contributed by atoms with Crippen LogP contribution in [0.5, 0.6) is 5.75 Å². The molecule has 0 unspecified atom stereocenters. The molecule has 0 spiro atoms. The molecule has 0 saturated heterocycles. The fraction of sp³-hybridized carbons (Fsp3) is 0.389. The van der Waals surface area contributed by atoms with Crippen LogP contribution in [0.3, 0.4) is 0 Å². The van der Waals surface area contributed by atoms with Crippen LogP contribution in [0.4, 0.5) is 4.39 Å². The predicted molar refractivity (Wildman–Crippen MR) is 99.7 cm³/mol. The zero-order valence-corrected chi connectivity index (χ0v) is 16.4. The number of hydrogen-bond donors (Lipinski definition) is 1. The van der Waals surface area contributed by atoms with Crippen molar-refractivity contribution in [3.8, 4) is 5.75 Å². The van der Waals surface area contributed by atoms with Gasteiger partial charge in [0.1, 0.15) is 28.8 Å². The van der Waals surface area contributed by atoms with Crippen LogP contribution in [-0.2, 0) is 17.1 Å². The van der Waals surface area contributed by atoms with Gasteiger partial charge < -0.3 is 14.6 Å². The molecule has 1 aromatic carbocycles. The third-order valence-corrected chi connectivity index (χ3v) is 6.04. The maximum Gasteiger partial charge on any atom is 0.268 e. The number of benzene rings is 1. The minimum Gasteiger partial charge on any atom is -0.492 e. The summed E-state index contributed by atoms with van der Waals surface area (Å²) in [6, 6.07) is 6.94. The maximum atomic E-state index is 12.8. The largest absolute Gasteiger partial charge is 0.492 e. The molecule has 0 radical (unpaired) electrons. The van der Waals surface area contributed by atoms with Crippen LogP contribution in [0.15, 0.2) is 41.4 Å². The second-order valence-corrected chi connectivity index (χ2v) is 7.76. The molecular formula is C18H24FN3O4S. The van der Waals surface area contributed by atoms with Crippen LogP contribution in [0.25, 0.3) is 0 Å². The quantitative estimate of drug-likeness (QED) is 0.657. The van der Waals surface area contributed by atoms with Crippen molar-refractivity contribution in [3.05, 3.63) is 48.0 Å². The fourth-order valence-corrected chi connectivity index (χ4v) is 4.10. The first kappa shape index (κ1) is 20.9. The highest BCUT2D eigenvalue weighted by Crippen LogP contribution is 2.18. The summed E-state index contributed by atoms with van der Waals surface area (Å²) in [6.07, 6.45) is 1.43. The van der Waals surface area contributed by atoms with E-state index in [0.29, 0.717) is 18.8 Å². The van der Waals surface area contributed by atoms with Crippen LogP contribution in [0.2, 0.25) is 0 Å². The van der Waals surface area contributed by atoms with Crippen molar-refractivity contribution in [1.82, 2.24) is 14.2 Å². The lowest BCUT2D eigenvalue weighted by atomic mass is 10.3. The average molecular weight is 397 g/mol. The number of aromatic nitrogens is 1. The molecule has 1 N–H and O–H groups in total. The Balaban J connectivity index is 1.96. The third-order valence-electron chi connectivity index (χ3n) is 4.03. The van der Waals surface area contributed by atoms with E-state index in [1.54, 1.807) is 20.9 Å². The Hall–Kier alpha value is -2.39. The van der Waals surface area contributed by atoms with Crippen molar-refractivity contribution in [1.29, 1.82) is 0 Å². The van der Waals surface area contributed by atoms with Gasteiger partial charge in [-0.25, -0.2) is 12.8 Å². The van der Waals surface area contributed by atoms with Gasteiger partial charge in [0.2, 0.25) is 10.0 Å². The maximum absolute atomic E-state index is 12.8. The van der Waals surface area contributed by atoms with Gasteiger partial charge in [-0.1, -0.05) is 13.8 Å². The fourth-order valence-electron chi connectivity index (χ4n) is 2.57. The van der Waals surface area contributed by atoms with Gasteiger partial charge in [0.25, 0.3) is 5.91 Å². The van der Waals surface area contributed by atoms with E-state index in [2.05, 4.69) is 5.32 Å². The van der Waals surface area contributed by atoms with E-state index in [4.69, 9.17) is 4.74 Å². The Morgan fingerprint density at radius 1 is 1.22 bits per heavy atom. The molecule has 0 bridgehead atoms. The molecule has 0 aliphatic heterocycles. The molecule has 27 heavy (non-hydrogen) atoms. The molecule has 9 heteroatoms. The Bertz CT molecular complexity index is 875. The van der Waals surface area contributed by atoms with Crippen LogP contribution in [-0.4, -0.2) is 49.4 Å². The summed E-state index contributed by atoms with van der Waals surface area (Å²) in [5.74, 6) is -0.256. The summed E-state index contributed by atoms with van der Waals surface area (Å²) < 4.78 is 46.2. The third kappa shape index (κ3) is 5.08. The number of ether oxygens (including phenoxy) is 1. The van der Waals surface area contributed by atoms with Gasteiger partial charge in [-0.15, -0.1) is 0 Å². The molecule has 1 aromatic heterocycles. The molecule has 2 aromatic rings. The summed E-state index contributed by atoms with van der Waals surface area (Å²) in [5.41, 5.74) is 0.238. The van der Waals surface area contributed by atoms with E-state index in [-0.39, 0.29) is 29.6 Å². The van der Waals surface area contributed by atoms with E-state index >= 15 is 0 Å². The van der Waals surface area contributed by atoms with E-state index in [0.717, 1.165) is 0 Å². The normalized spacial score (nSPS) is 11.6. The number of sulfonamides is 1. The topological polar surface area (TPSA) is 80.6 Å². The summed E-state index contributed by atoms with van der Waals surface area (Å²) >= 11 is 0. The monoisotopic (exact) mass is 397 g/mol. The summed E-state index contributed by atoms with van der Waals surface area (Å²) in [7, 11) is -2.01. The standard InChI is InChI=1S/C18H24FN3O4S/c1-4-22(5-2)27(24,25)16-12-17(21(3)13-16)18(23)20-10-11-26-15-8-6-14(19)7-9-15/h6-9,12-13H,4-5,10-11H2,1-3H3,(H,20,23). The lowest BCUT2D eigenvalue weighted by Crippen LogP contribution is -2.30. The van der Waals surface area contributed by atoms with Gasteiger partial charge in [-0.3, -0.25) is 4.79 Å². The molecule has 0 atom stereocenters. The molecule has 1 heterocycles. The molecule has 0 saturated carbocycles. The zero-order valence-electron chi connectivity index (χ0n) is 15.6. The van der Waals surface area contributed by atoms with Crippen molar-refractivity contribution in [2.24, 2.45) is 7.05 Å². The number of hydrogen-bond acceptors (Lipinski definition) is 4. The van der Waals surface area contributed by atoms with Gasteiger partial charge in [-0.2, -0.15) is 4.31 Å². The lowest BCUT2D eigenvalue weighted by Gasteiger charge is -2.17. The molecule has 148 valence electrons. The summed E-state index contributed by atoms with van der Waals surface area (Å²) in [6.45, 7) is 4.66. The number of carbonyl (C=O) groups excluding carboxylic acids is 1. The Labute approximate surface area is 158 Å². The van der Waals surface area contributed by atoms with Gasteiger partial charge >= 0.3 is 0 Å². The number of carbonyl (C=O) groups is 1. The lowest BCUT2D eigenvalue weighted by molar-refractivity contribution is 0.0939. The highest BCUT2D eigenvalue weighted by molar-refractivity contribution is 7.89. The van der Waals surface area contributed by atoms with E-state index in [1.807, 2.05) is 0 Å². The number of rotatable bonds is 9. The van der Waals surface area contributed by atoms with Crippen molar-refractivity contribution in [2.75, 3.05) is 26.2 Å². The van der Waals surface area contributed by atoms with Crippen LogP contribution in [0, 0.1) is 5.82 Å². The SMILES string of the molecule is CCN(CC)S(=O)(=O)c1cc(C(=O)NCCOc2ccc(F)cc2)n(C)c1. The minimum atomic E-state index is -3.62. The van der Waals surface area contributed by atoms with Crippen LogP contribution >= 0.6 is 0 Å². The second-order valence-electron chi connectivity index (χ2n) is 5.82. The molecule has 0 aliphatic rings. The highest BCUT2D eigenvalue weighted by Gasteiger charge is 2.25. The summed E-state index contributed by atoms with van der Waals surface area (Å²) in [4.78, 5) is 12.4. The number of halogens is 1. The molecule has 7 nitrogen and oxygen atoms in total. The second kappa shape index (κ2) is 9.01. The van der Waals surface area contributed by atoms with Crippen molar-refractivity contribution in [3.63, 3.8) is 0 Å². The molecule has 1 amide bonds. The van der Waals surface area contributed by atoms with Crippen molar-refractivity contribution >= 4 is 15.9 Å². The van der Waals surface area contributed by atoms with Gasteiger partial charge in [-0.05, 0) is 30.3 Å². The first-order valence-corrected chi connectivity index (χ1v) is 10.1. The van der Waals surface area contributed by atoms with Crippen molar-refractivity contribution in [2.45, 2.75) is 18.7 Å². The van der Waals surface area contributed by atoms with E-state index < -0.39 is 15.9 Å². The first-order chi connectivity index (χ1) is 12.8. The number of nitrogens with zero attached hydrogens (tertiary/aromatic N) is 2. The first-order valence-electron chi connectivity index (χ1n) is 8.62. The summed E-state index contributed by atoms with van der Waals surface area (Å²) in [5, 5.41) is 2.68. The van der Waals surface area contributed by atoms with E-state index in [1.165, 1.54) is 45.4 Å². The van der Waals surface area contributed by atoms with Gasteiger partial charge in [0.15, 0.2) is 0 Å².